The van der Waals surface area contributed by atoms with Crippen molar-refractivity contribution in [2.24, 2.45) is 5.92 Å². The first kappa shape index (κ1) is 15.3. The molecule has 0 amide bonds. The van der Waals surface area contributed by atoms with Crippen molar-refractivity contribution in [3.05, 3.63) is 5.28 Å². The Balaban J connectivity index is 2.15. The molecule has 0 spiro atoms. The van der Waals surface area contributed by atoms with Crippen molar-refractivity contribution in [3.63, 3.8) is 0 Å². The van der Waals surface area contributed by atoms with Gasteiger partial charge < -0.3 is 15.0 Å². The van der Waals surface area contributed by atoms with Crippen LogP contribution in [0.1, 0.15) is 27.2 Å². The van der Waals surface area contributed by atoms with E-state index in [0.717, 1.165) is 19.5 Å². The third kappa shape index (κ3) is 3.93. The quantitative estimate of drug-likeness (QED) is 0.899. The van der Waals surface area contributed by atoms with Gasteiger partial charge in [-0.25, -0.2) is 0 Å². The van der Waals surface area contributed by atoms with Gasteiger partial charge in [-0.15, -0.1) is 0 Å². The first-order valence-corrected chi connectivity index (χ1v) is 7.48. The van der Waals surface area contributed by atoms with Crippen LogP contribution in [0.15, 0.2) is 0 Å². The molecular formula is C13H22ClN5O. The fourth-order valence-corrected chi connectivity index (χ4v) is 2.37. The van der Waals surface area contributed by atoms with Crippen LogP contribution < -0.4 is 10.2 Å². The Morgan fingerprint density at radius 2 is 1.95 bits per heavy atom. The first-order valence-electron chi connectivity index (χ1n) is 7.11. The van der Waals surface area contributed by atoms with E-state index in [2.05, 4.69) is 45.9 Å². The second-order valence-corrected chi connectivity index (χ2v) is 5.57. The highest BCUT2D eigenvalue weighted by atomic mass is 35.5. The van der Waals surface area contributed by atoms with Crippen LogP contribution in [0.5, 0.6) is 0 Å². The number of nitrogens with one attached hydrogen (secondary N) is 1. The zero-order chi connectivity index (χ0) is 14.5. The number of ether oxygens (including phenoxy) is 1. The van der Waals surface area contributed by atoms with Crippen LogP contribution in [0.4, 0.5) is 11.9 Å². The van der Waals surface area contributed by atoms with Gasteiger partial charge >= 0.3 is 0 Å². The normalized spacial score (nSPS) is 17.4. The number of hydrogen-bond acceptors (Lipinski definition) is 6. The number of anilines is 2. The van der Waals surface area contributed by atoms with Crippen LogP contribution in [-0.4, -0.2) is 47.3 Å². The van der Waals surface area contributed by atoms with E-state index in [4.69, 9.17) is 16.3 Å². The first-order chi connectivity index (χ1) is 9.60. The molecule has 1 aliphatic rings. The molecule has 7 heteroatoms. The molecule has 2 heterocycles. The molecule has 0 radical (unpaired) electrons. The lowest BCUT2D eigenvalue weighted by Crippen LogP contribution is -2.37. The van der Waals surface area contributed by atoms with E-state index in [1.807, 2.05) is 0 Å². The molecule has 1 fully saturated rings. The highest BCUT2D eigenvalue weighted by molar-refractivity contribution is 6.28. The van der Waals surface area contributed by atoms with E-state index < -0.39 is 0 Å². The van der Waals surface area contributed by atoms with Gasteiger partial charge in [0.25, 0.3) is 0 Å². The number of rotatable bonds is 5. The van der Waals surface area contributed by atoms with Crippen molar-refractivity contribution in [2.45, 2.75) is 33.2 Å². The second kappa shape index (κ2) is 7.04. The number of halogens is 1. The standard InChI is InChI=1S/C13H22ClN5O/c1-4-10(9(2)3)15-12-16-11(14)17-13(18-12)19-5-7-20-8-6-19/h9-10H,4-8H2,1-3H3,(H,15,16,17,18). The summed E-state index contributed by atoms with van der Waals surface area (Å²) in [5.74, 6) is 1.67. The van der Waals surface area contributed by atoms with Gasteiger partial charge in [-0.3, -0.25) is 0 Å². The summed E-state index contributed by atoms with van der Waals surface area (Å²) in [6.45, 7) is 9.43. The summed E-state index contributed by atoms with van der Waals surface area (Å²) < 4.78 is 5.33. The van der Waals surface area contributed by atoms with E-state index in [-0.39, 0.29) is 5.28 Å². The minimum Gasteiger partial charge on any atom is -0.378 e. The van der Waals surface area contributed by atoms with Crippen molar-refractivity contribution < 1.29 is 4.74 Å². The molecule has 0 aliphatic carbocycles. The second-order valence-electron chi connectivity index (χ2n) is 5.23. The summed E-state index contributed by atoms with van der Waals surface area (Å²) in [6, 6.07) is 0.325. The van der Waals surface area contributed by atoms with Crippen LogP contribution in [0, 0.1) is 5.92 Å². The van der Waals surface area contributed by atoms with Gasteiger partial charge in [0.1, 0.15) is 0 Å². The molecule has 1 aromatic rings. The summed E-state index contributed by atoms with van der Waals surface area (Å²) >= 11 is 6.02. The Morgan fingerprint density at radius 3 is 2.55 bits per heavy atom. The average Bonchev–Trinajstić information content (AvgIpc) is 2.45. The molecule has 20 heavy (non-hydrogen) atoms. The SMILES string of the molecule is CCC(Nc1nc(Cl)nc(N2CCOCC2)n1)C(C)C. The highest BCUT2D eigenvalue weighted by Crippen LogP contribution is 2.17. The predicted molar refractivity (Wildman–Crippen MR) is 80.4 cm³/mol. The average molecular weight is 300 g/mol. The van der Waals surface area contributed by atoms with Gasteiger partial charge in [-0.1, -0.05) is 20.8 Å². The van der Waals surface area contributed by atoms with Crippen molar-refractivity contribution >= 4 is 23.5 Å². The van der Waals surface area contributed by atoms with Crippen molar-refractivity contribution in [3.8, 4) is 0 Å². The van der Waals surface area contributed by atoms with E-state index in [9.17, 15) is 0 Å². The molecule has 1 aromatic heterocycles. The van der Waals surface area contributed by atoms with Crippen molar-refractivity contribution in [2.75, 3.05) is 36.5 Å². The maximum atomic E-state index is 6.02. The van der Waals surface area contributed by atoms with Gasteiger partial charge in [-0.2, -0.15) is 15.0 Å². The molecule has 1 aliphatic heterocycles. The zero-order valence-corrected chi connectivity index (χ0v) is 13.0. The molecular weight excluding hydrogens is 278 g/mol. The van der Waals surface area contributed by atoms with E-state index in [0.29, 0.717) is 37.1 Å². The highest BCUT2D eigenvalue weighted by Gasteiger charge is 2.18. The zero-order valence-electron chi connectivity index (χ0n) is 12.3. The summed E-state index contributed by atoms with van der Waals surface area (Å²) in [6.07, 6.45) is 1.01. The molecule has 0 saturated carbocycles. The minimum absolute atomic E-state index is 0.225. The molecule has 112 valence electrons. The Bertz CT molecular complexity index is 437. The monoisotopic (exact) mass is 299 g/mol. The molecule has 1 unspecified atom stereocenters. The van der Waals surface area contributed by atoms with E-state index in [1.54, 1.807) is 0 Å². The summed E-state index contributed by atoms with van der Waals surface area (Å²) in [5, 5.41) is 3.57. The fourth-order valence-electron chi connectivity index (χ4n) is 2.21. The largest absolute Gasteiger partial charge is 0.378 e. The third-order valence-electron chi connectivity index (χ3n) is 3.45. The van der Waals surface area contributed by atoms with Gasteiger partial charge in [-0.05, 0) is 23.9 Å². The third-order valence-corrected chi connectivity index (χ3v) is 3.62. The van der Waals surface area contributed by atoms with E-state index >= 15 is 0 Å². The number of aromatic nitrogens is 3. The Hall–Kier alpha value is -1.14. The van der Waals surface area contributed by atoms with Crippen molar-refractivity contribution in [1.82, 2.24) is 15.0 Å². The van der Waals surface area contributed by atoms with Crippen LogP contribution in [0.25, 0.3) is 0 Å². The maximum absolute atomic E-state index is 6.02. The Kier molecular flexibility index (Phi) is 5.37. The molecule has 0 bridgehead atoms. The van der Waals surface area contributed by atoms with Gasteiger partial charge in [0.05, 0.1) is 13.2 Å². The molecule has 2 rings (SSSR count). The molecule has 1 saturated heterocycles. The molecule has 6 nitrogen and oxygen atoms in total. The summed E-state index contributed by atoms with van der Waals surface area (Å²) in [4.78, 5) is 14.9. The lowest BCUT2D eigenvalue weighted by atomic mass is 10.0. The number of nitrogens with zero attached hydrogens (tertiary/aromatic N) is 4. The molecule has 1 N–H and O–H groups in total. The predicted octanol–water partition coefficient (Wildman–Crippen LogP) is 2.21. The lowest BCUT2D eigenvalue weighted by Gasteiger charge is -2.27. The smallest absolute Gasteiger partial charge is 0.231 e. The van der Waals surface area contributed by atoms with Crippen LogP contribution in [0.2, 0.25) is 5.28 Å². The fraction of sp³-hybridized carbons (Fsp3) is 0.769. The topological polar surface area (TPSA) is 63.2 Å². The van der Waals surface area contributed by atoms with E-state index in [1.165, 1.54) is 0 Å². The van der Waals surface area contributed by atoms with Crippen LogP contribution >= 0.6 is 11.6 Å². The molecule has 1 atom stereocenters. The van der Waals surface area contributed by atoms with Gasteiger partial charge in [0.2, 0.25) is 17.2 Å². The minimum atomic E-state index is 0.225. The maximum Gasteiger partial charge on any atom is 0.231 e. The van der Waals surface area contributed by atoms with Gasteiger partial charge in [0.15, 0.2) is 0 Å². The van der Waals surface area contributed by atoms with Crippen LogP contribution in [-0.2, 0) is 4.74 Å². The molecule has 0 aromatic carbocycles. The van der Waals surface area contributed by atoms with Crippen molar-refractivity contribution in [1.29, 1.82) is 0 Å². The Labute approximate surface area is 124 Å². The van der Waals surface area contributed by atoms with Crippen LogP contribution in [0.3, 0.4) is 0 Å². The number of morpholine rings is 1. The summed E-state index contributed by atoms with van der Waals surface area (Å²) in [7, 11) is 0. The lowest BCUT2D eigenvalue weighted by molar-refractivity contribution is 0.122. The number of hydrogen-bond donors (Lipinski definition) is 1. The summed E-state index contributed by atoms with van der Waals surface area (Å²) in [5.41, 5.74) is 0. The van der Waals surface area contributed by atoms with Gasteiger partial charge in [0, 0.05) is 19.1 Å². The Morgan fingerprint density at radius 1 is 1.25 bits per heavy atom.